The number of fused-ring (bicyclic) bond motifs is 1. The Hall–Kier alpha value is -1.06. The molecule has 0 saturated heterocycles. The molecule has 0 spiro atoms. The molecule has 0 radical (unpaired) electrons. The first-order valence-corrected chi connectivity index (χ1v) is 6.79. The first kappa shape index (κ1) is 13.4. The third kappa shape index (κ3) is 3.24. The second-order valence-corrected chi connectivity index (χ2v) is 5.31. The van der Waals surface area contributed by atoms with Crippen molar-refractivity contribution in [3.05, 3.63) is 29.3 Å². The molecule has 0 aromatic heterocycles. The van der Waals surface area contributed by atoms with Crippen molar-refractivity contribution in [2.75, 3.05) is 13.2 Å². The van der Waals surface area contributed by atoms with E-state index < -0.39 is 0 Å². The lowest BCUT2D eigenvalue weighted by molar-refractivity contribution is 0.210. The first-order chi connectivity index (χ1) is 8.70. The van der Waals surface area contributed by atoms with Crippen LogP contribution in [0.25, 0.3) is 0 Å². The van der Waals surface area contributed by atoms with Gasteiger partial charge in [-0.05, 0) is 36.0 Å². The van der Waals surface area contributed by atoms with E-state index in [-0.39, 0.29) is 12.6 Å². The second-order valence-electron chi connectivity index (χ2n) is 5.31. The molecule has 1 unspecified atom stereocenters. The Balaban J connectivity index is 1.97. The van der Waals surface area contributed by atoms with Crippen LogP contribution in [-0.4, -0.2) is 24.4 Å². The SMILES string of the molecule is CC(C)C(CO)NCc1ccc2c(c1)CCCO2. The highest BCUT2D eigenvalue weighted by molar-refractivity contribution is 5.38. The molecule has 1 aliphatic heterocycles. The van der Waals surface area contributed by atoms with E-state index in [2.05, 4.69) is 37.4 Å². The van der Waals surface area contributed by atoms with Crippen LogP contribution in [0.1, 0.15) is 31.4 Å². The molecule has 1 heterocycles. The number of hydrogen-bond donors (Lipinski definition) is 2. The van der Waals surface area contributed by atoms with Gasteiger partial charge in [0.1, 0.15) is 5.75 Å². The molecule has 1 aliphatic rings. The molecular weight excluding hydrogens is 226 g/mol. The standard InChI is InChI=1S/C15H23NO2/c1-11(2)14(10-17)16-9-12-5-6-15-13(8-12)4-3-7-18-15/h5-6,8,11,14,16-17H,3-4,7,9-10H2,1-2H3. The second kappa shape index (κ2) is 6.21. The molecule has 0 aliphatic carbocycles. The van der Waals surface area contributed by atoms with Crippen LogP contribution in [0.4, 0.5) is 0 Å². The summed E-state index contributed by atoms with van der Waals surface area (Å²) in [5, 5.41) is 12.7. The number of rotatable bonds is 5. The lowest BCUT2D eigenvalue weighted by Crippen LogP contribution is -2.36. The van der Waals surface area contributed by atoms with Crippen LogP contribution in [0, 0.1) is 5.92 Å². The predicted octanol–water partition coefficient (Wildman–Crippen LogP) is 2.12. The zero-order valence-electron chi connectivity index (χ0n) is 11.3. The molecule has 0 amide bonds. The Bertz CT molecular complexity index is 390. The minimum Gasteiger partial charge on any atom is -0.493 e. The summed E-state index contributed by atoms with van der Waals surface area (Å²) < 4.78 is 5.60. The van der Waals surface area contributed by atoms with Gasteiger partial charge in [0, 0.05) is 12.6 Å². The number of aliphatic hydroxyl groups excluding tert-OH is 1. The summed E-state index contributed by atoms with van der Waals surface area (Å²) in [4.78, 5) is 0. The van der Waals surface area contributed by atoms with Crippen LogP contribution in [0.5, 0.6) is 5.75 Å². The summed E-state index contributed by atoms with van der Waals surface area (Å²) in [6.07, 6.45) is 2.21. The fourth-order valence-electron chi connectivity index (χ4n) is 2.28. The molecule has 18 heavy (non-hydrogen) atoms. The summed E-state index contributed by atoms with van der Waals surface area (Å²) >= 11 is 0. The molecule has 1 aromatic rings. The van der Waals surface area contributed by atoms with E-state index in [1.807, 2.05) is 0 Å². The number of ether oxygens (including phenoxy) is 1. The molecule has 100 valence electrons. The Labute approximate surface area is 109 Å². The number of benzene rings is 1. The minimum atomic E-state index is 0.164. The van der Waals surface area contributed by atoms with E-state index >= 15 is 0 Å². The molecule has 0 bridgehead atoms. The van der Waals surface area contributed by atoms with Gasteiger partial charge in [0.2, 0.25) is 0 Å². The van der Waals surface area contributed by atoms with Gasteiger partial charge in [-0.15, -0.1) is 0 Å². The van der Waals surface area contributed by atoms with E-state index in [4.69, 9.17) is 4.74 Å². The highest BCUT2D eigenvalue weighted by Gasteiger charge is 2.13. The number of nitrogens with one attached hydrogen (secondary N) is 1. The largest absolute Gasteiger partial charge is 0.493 e. The van der Waals surface area contributed by atoms with Crippen molar-refractivity contribution in [2.45, 2.75) is 39.3 Å². The van der Waals surface area contributed by atoms with Gasteiger partial charge in [-0.25, -0.2) is 0 Å². The van der Waals surface area contributed by atoms with E-state index in [1.54, 1.807) is 0 Å². The molecular formula is C15H23NO2. The normalized spacial score (nSPS) is 16.2. The zero-order chi connectivity index (χ0) is 13.0. The molecule has 2 N–H and O–H groups in total. The van der Waals surface area contributed by atoms with Crippen LogP contribution in [0.3, 0.4) is 0 Å². The Kier molecular flexibility index (Phi) is 4.61. The van der Waals surface area contributed by atoms with Crippen molar-refractivity contribution in [1.29, 1.82) is 0 Å². The zero-order valence-corrected chi connectivity index (χ0v) is 11.3. The van der Waals surface area contributed by atoms with Crippen LogP contribution in [-0.2, 0) is 13.0 Å². The van der Waals surface area contributed by atoms with Crippen molar-refractivity contribution in [2.24, 2.45) is 5.92 Å². The van der Waals surface area contributed by atoms with E-state index in [0.717, 1.165) is 31.7 Å². The van der Waals surface area contributed by atoms with Gasteiger partial charge in [-0.2, -0.15) is 0 Å². The Morgan fingerprint density at radius 2 is 2.22 bits per heavy atom. The molecule has 1 atom stereocenters. The Morgan fingerprint density at radius 3 is 2.94 bits per heavy atom. The van der Waals surface area contributed by atoms with Crippen LogP contribution in [0.15, 0.2) is 18.2 Å². The summed E-state index contributed by atoms with van der Waals surface area (Å²) in [6.45, 7) is 6.07. The van der Waals surface area contributed by atoms with Crippen LogP contribution >= 0.6 is 0 Å². The van der Waals surface area contributed by atoms with Gasteiger partial charge in [-0.1, -0.05) is 26.0 Å². The summed E-state index contributed by atoms with van der Waals surface area (Å²) in [5.74, 6) is 1.48. The van der Waals surface area contributed by atoms with Crippen LogP contribution in [0.2, 0.25) is 0 Å². The van der Waals surface area contributed by atoms with Gasteiger partial charge in [0.15, 0.2) is 0 Å². The quantitative estimate of drug-likeness (QED) is 0.840. The maximum Gasteiger partial charge on any atom is 0.122 e. The van der Waals surface area contributed by atoms with Gasteiger partial charge >= 0.3 is 0 Å². The fourth-order valence-corrected chi connectivity index (χ4v) is 2.28. The summed E-state index contributed by atoms with van der Waals surface area (Å²) in [5.41, 5.74) is 2.57. The van der Waals surface area contributed by atoms with Crippen molar-refractivity contribution < 1.29 is 9.84 Å². The lowest BCUT2D eigenvalue weighted by Gasteiger charge is -2.21. The number of aliphatic hydroxyl groups is 1. The highest BCUT2D eigenvalue weighted by Crippen LogP contribution is 2.25. The smallest absolute Gasteiger partial charge is 0.122 e. The molecule has 0 fully saturated rings. The molecule has 1 aromatic carbocycles. The van der Waals surface area contributed by atoms with Gasteiger partial charge in [0.05, 0.1) is 13.2 Å². The van der Waals surface area contributed by atoms with Gasteiger partial charge < -0.3 is 15.2 Å². The van der Waals surface area contributed by atoms with Crippen molar-refractivity contribution in [1.82, 2.24) is 5.32 Å². The molecule has 0 saturated carbocycles. The minimum absolute atomic E-state index is 0.164. The first-order valence-electron chi connectivity index (χ1n) is 6.79. The average Bonchev–Trinajstić information content (AvgIpc) is 2.39. The van der Waals surface area contributed by atoms with Crippen molar-refractivity contribution in [3.8, 4) is 5.75 Å². The Morgan fingerprint density at radius 1 is 1.39 bits per heavy atom. The summed E-state index contributed by atoms with van der Waals surface area (Å²) in [7, 11) is 0. The van der Waals surface area contributed by atoms with E-state index in [9.17, 15) is 5.11 Å². The molecule has 2 rings (SSSR count). The monoisotopic (exact) mass is 249 g/mol. The summed E-state index contributed by atoms with van der Waals surface area (Å²) in [6, 6.07) is 6.55. The third-order valence-corrected chi connectivity index (χ3v) is 3.54. The van der Waals surface area contributed by atoms with Gasteiger partial charge in [0.25, 0.3) is 0 Å². The van der Waals surface area contributed by atoms with Crippen molar-refractivity contribution >= 4 is 0 Å². The average molecular weight is 249 g/mol. The van der Waals surface area contributed by atoms with Gasteiger partial charge in [-0.3, -0.25) is 0 Å². The number of aryl methyl sites for hydroxylation is 1. The topological polar surface area (TPSA) is 41.5 Å². The molecule has 3 nitrogen and oxygen atoms in total. The molecule has 3 heteroatoms. The lowest BCUT2D eigenvalue weighted by atomic mass is 10.0. The van der Waals surface area contributed by atoms with Crippen molar-refractivity contribution in [3.63, 3.8) is 0 Å². The van der Waals surface area contributed by atoms with E-state index in [0.29, 0.717) is 5.92 Å². The third-order valence-electron chi connectivity index (χ3n) is 3.54. The maximum absolute atomic E-state index is 9.28. The van der Waals surface area contributed by atoms with E-state index in [1.165, 1.54) is 11.1 Å². The number of hydrogen-bond acceptors (Lipinski definition) is 3. The van der Waals surface area contributed by atoms with Crippen LogP contribution < -0.4 is 10.1 Å². The maximum atomic E-state index is 9.28. The highest BCUT2D eigenvalue weighted by atomic mass is 16.5. The fraction of sp³-hybridized carbons (Fsp3) is 0.600. The predicted molar refractivity (Wildman–Crippen MR) is 72.8 cm³/mol.